The predicted octanol–water partition coefficient (Wildman–Crippen LogP) is 4.21. The molecule has 0 saturated heterocycles. The van der Waals surface area contributed by atoms with Gasteiger partial charge in [-0.2, -0.15) is 0 Å². The molecular formula is C13H20BrN. The van der Waals surface area contributed by atoms with Gasteiger partial charge in [0.25, 0.3) is 0 Å². The molecule has 0 bridgehead atoms. The van der Waals surface area contributed by atoms with Gasteiger partial charge in [0.05, 0.1) is 0 Å². The second-order valence-electron chi connectivity index (χ2n) is 3.70. The van der Waals surface area contributed by atoms with Crippen LogP contribution in [0, 0.1) is 0 Å². The van der Waals surface area contributed by atoms with Crippen LogP contribution >= 0.6 is 15.9 Å². The van der Waals surface area contributed by atoms with Crippen LogP contribution in [0.15, 0.2) is 24.3 Å². The molecule has 0 aliphatic rings. The molecule has 0 fully saturated rings. The number of halogens is 1. The number of nitrogens with zero attached hydrogens (tertiary/aromatic N) is 1. The van der Waals surface area contributed by atoms with Crippen molar-refractivity contribution in [2.45, 2.75) is 32.0 Å². The molecule has 1 aromatic rings. The number of hydrogen-bond donors (Lipinski definition) is 0. The number of rotatable bonds is 6. The first-order valence-corrected chi connectivity index (χ1v) is 6.84. The molecule has 2 heteroatoms. The molecule has 0 aliphatic heterocycles. The first kappa shape index (κ1) is 12.6. The van der Waals surface area contributed by atoms with Gasteiger partial charge in [0.2, 0.25) is 0 Å². The lowest BCUT2D eigenvalue weighted by atomic mass is 10.1. The lowest BCUT2D eigenvalue weighted by Gasteiger charge is -2.25. The van der Waals surface area contributed by atoms with Crippen LogP contribution in [0.25, 0.3) is 0 Å². The monoisotopic (exact) mass is 269 g/mol. The van der Waals surface area contributed by atoms with Crippen molar-refractivity contribution in [2.75, 3.05) is 18.0 Å². The minimum atomic E-state index is 0.936. The summed E-state index contributed by atoms with van der Waals surface area (Å²) in [6.07, 6.45) is 2.53. The Morgan fingerprint density at radius 1 is 1.20 bits per heavy atom. The molecule has 15 heavy (non-hydrogen) atoms. The van der Waals surface area contributed by atoms with Crippen molar-refractivity contribution in [3.05, 3.63) is 29.8 Å². The van der Waals surface area contributed by atoms with E-state index in [0.29, 0.717) is 0 Å². The molecule has 1 rings (SSSR count). The maximum Gasteiger partial charge on any atom is 0.0407 e. The topological polar surface area (TPSA) is 3.24 Å². The van der Waals surface area contributed by atoms with Crippen LogP contribution in [-0.4, -0.2) is 13.1 Å². The number of anilines is 1. The standard InChI is InChI=1S/C13H20BrN/c1-3-5-10-15(4-2)13-9-7-6-8-12(13)11-14/h6-9H,3-5,10-11H2,1-2H3. The van der Waals surface area contributed by atoms with Gasteiger partial charge < -0.3 is 4.90 Å². The zero-order valence-corrected chi connectivity index (χ0v) is 11.3. The summed E-state index contributed by atoms with van der Waals surface area (Å²) in [5.74, 6) is 0. The number of hydrogen-bond acceptors (Lipinski definition) is 1. The zero-order valence-electron chi connectivity index (χ0n) is 9.67. The maximum atomic E-state index is 3.55. The fourth-order valence-electron chi connectivity index (χ4n) is 1.73. The van der Waals surface area contributed by atoms with E-state index in [1.54, 1.807) is 0 Å². The van der Waals surface area contributed by atoms with Crippen LogP contribution in [-0.2, 0) is 5.33 Å². The van der Waals surface area contributed by atoms with Crippen LogP contribution in [0.2, 0.25) is 0 Å². The van der Waals surface area contributed by atoms with Crippen LogP contribution < -0.4 is 4.90 Å². The maximum absolute atomic E-state index is 3.55. The molecule has 0 radical (unpaired) electrons. The Morgan fingerprint density at radius 2 is 1.93 bits per heavy atom. The quantitative estimate of drug-likeness (QED) is 0.700. The molecule has 84 valence electrons. The van der Waals surface area contributed by atoms with Gasteiger partial charge in [-0.05, 0) is 25.0 Å². The molecule has 0 heterocycles. The number of para-hydroxylation sites is 1. The van der Waals surface area contributed by atoms with Crippen molar-refractivity contribution in [1.29, 1.82) is 0 Å². The molecule has 1 nitrogen and oxygen atoms in total. The van der Waals surface area contributed by atoms with E-state index in [-0.39, 0.29) is 0 Å². The lowest BCUT2D eigenvalue weighted by molar-refractivity contribution is 0.730. The third-order valence-corrected chi connectivity index (χ3v) is 3.24. The second-order valence-corrected chi connectivity index (χ2v) is 4.26. The van der Waals surface area contributed by atoms with Gasteiger partial charge in [-0.15, -0.1) is 0 Å². The first-order chi connectivity index (χ1) is 7.33. The van der Waals surface area contributed by atoms with E-state index in [4.69, 9.17) is 0 Å². The Morgan fingerprint density at radius 3 is 2.53 bits per heavy atom. The van der Waals surface area contributed by atoms with Crippen molar-refractivity contribution < 1.29 is 0 Å². The lowest BCUT2D eigenvalue weighted by Crippen LogP contribution is -2.24. The SMILES string of the molecule is CCCCN(CC)c1ccccc1CBr. The second kappa shape index (κ2) is 6.89. The van der Waals surface area contributed by atoms with Gasteiger partial charge in [-0.1, -0.05) is 47.5 Å². The highest BCUT2D eigenvalue weighted by molar-refractivity contribution is 9.08. The van der Waals surface area contributed by atoms with Gasteiger partial charge in [0.15, 0.2) is 0 Å². The van der Waals surface area contributed by atoms with E-state index in [0.717, 1.165) is 18.4 Å². The summed E-state index contributed by atoms with van der Waals surface area (Å²) in [5.41, 5.74) is 2.76. The molecule has 0 aliphatic carbocycles. The summed E-state index contributed by atoms with van der Waals surface area (Å²) in [7, 11) is 0. The largest absolute Gasteiger partial charge is 0.372 e. The third-order valence-electron chi connectivity index (χ3n) is 2.64. The molecule has 0 spiro atoms. The highest BCUT2D eigenvalue weighted by atomic mass is 79.9. The van der Waals surface area contributed by atoms with E-state index in [1.807, 2.05) is 0 Å². The number of benzene rings is 1. The molecule has 0 atom stereocenters. The Kier molecular flexibility index (Phi) is 5.77. The number of alkyl halides is 1. The Bertz CT molecular complexity index is 286. The Hall–Kier alpha value is -0.500. The third kappa shape index (κ3) is 3.53. The van der Waals surface area contributed by atoms with Gasteiger partial charge in [0.1, 0.15) is 0 Å². The summed E-state index contributed by atoms with van der Waals surface area (Å²) < 4.78 is 0. The molecule has 0 amide bonds. The summed E-state index contributed by atoms with van der Waals surface area (Å²) in [5, 5.41) is 0.936. The van der Waals surface area contributed by atoms with E-state index >= 15 is 0 Å². The van der Waals surface area contributed by atoms with Gasteiger partial charge in [-0.25, -0.2) is 0 Å². The summed E-state index contributed by atoms with van der Waals surface area (Å²) in [6, 6.07) is 8.64. The summed E-state index contributed by atoms with van der Waals surface area (Å²) >= 11 is 3.55. The average Bonchev–Trinajstić information content (AvgIpc) is 2.30. The minimum Gasteiger partial charge on any atom is -0.372 e. The molecule has 1 aromatic carbocycles. The summed E-state index contributed by atoms with van der Waals surface area (Å²) in [4.78, 5) is 2.46. The first-order valence-electron chi connectivity index (χ1n) is 5.72. The van der Waals surface area contributed by atoms with Crippen molar-refractivity contribution in [3.8, 4) is 0 Å². The van der Waals surface area contributed by atoms with Gasteiger partial charge in [-0.3, -0.25) is 0 Å². The molecule has 0 aromatic heterocycles. The van der Waals surface area contributed by atoms with Crippen molar-refractivity contribution in [1.82, 2.24) is 0 Å². The van der Waals surface area contributed by atoms with E-state index in [9.17, 15) is 0 Å². The van der Waals surface area contributed by atoms with E-state index in [1.165, 1.54) is 24.1 Å². The van der Waals surface area contributed by atoms with Crippen LogP contribution in [0.1, 0.15) is 32.3 Å². The fourth-order valence-corrected chi connectivity index (χ4v) is 2.20. The molecule has 0 unspecified atom stereocenters. The smallest absolute Gasteiger partial charge is 0.0407 e. The van der Waals surface area contributed by atoms with E-state index < -0.39 is 0 Å². The van der Waals surface area contributed by atoms with Crippen LogP contribution in [0.4, 0.5) is 5.69 Å². The van der Waals surface area contributed by atoms with Gasteiger partial charge >= 0.3 is 0 Å². The Balaban J connectivity index is 2.80. The van der Waals surface area contributed by atoms with Crippen LogP contribution in [0.3, 0.4) is 0 Å². The average molecular weight is 270 g/mol. The van der Waals surface area contributed by atoms with Crippen molar-refractivity contribution >= 4 is 21.6 Å². The van der Waals surface area contributed by atoms with E-state index in [2.05, 4.69) is 58.9 Å². The molecular weight excluding hydrogens is 250 g/mol. The van der Waals surface area contributed by atoms with Crippen molar-refractivity contribution in [3.63, 3.8) is 0 Å². The van der Waals surface area contributed by atoms with Gasteiger partial charge in [0, 0.05) is 24.1 Å². The zero-order chi connectivity index (χ0) is 11.1. The Labute approximate surface area is 102 Å². The van der Waals surface area contributed by atoms with Crippen LogP contribution in [0.5, 0.6) is 0 Å². The normalized spacial score (nSPS) is 10.3. The molecule has 0 N–H and O–H groups in total. The predicted molar refractivity (Wildman–Crippen MR) is 71.9 cm³/mol. The minimum absolute atomic E-state index is 0.936. The summed E-state index contributed by atoms with van der Waals surface area (Å²) in [6.45, 7) is 6.71. The van der Waals surface area contributed by atoms with Crippen molar-refractivity contribution in [2.24, 2.45) is 0 Å². The fraction of sp³-hybridized carbons (Fsp3) is 0.538. The molecule has 0 saturated carbocycles. The highest BCUT2D eigenvalue weighted by Crippen LogP contribution is 2.22. The number of unbranched alkanes of at least 4 members (excludes halogenated alkanes) is 1. The highest BCUT2D eigenvalue weighted by Gasteiger charge is 2.07.